The zero-order valence-corrected chi connectivity index (χ0v) is 8.61. The lowest BCUT2D eigenvalue weighted by atomic mass is 9.94. The molecule has 80 valence electrons. The third-order valence-corrected chi connectivity index (χ3v) is 3.60. The van der Waals surface area contributed by atoms with E-state index in [1.807, 2.05) is 0 Å². The summed E-state index contributed by atoms with van der Waals surface area (Å²) in [6, 6.07) is 0. The Bertz CT molecular complexity index is 211. The number of carboxylic acids is 1. The topological polar surface area (TPSA) is 46.5 Å². The molecule has 1 aliphatic carbocycles. The second kappa shape index (κ2) is 3.89. The molecule has 14 heavy (non-hydrogen) atoms. The summed E-state index contributed by atoms with van der Waals surface area (Å²) in [5, 5.41) is 8.94. The SMILES string of the molecule is C[C@H]1C[C@H]2CCC(C(=O)O)CC[C@H]2O1. The summed E-state index contributed by atoms with van der Waals surface area (Å²) in [6.45, 7) is 2.11. The fourth-order valence-electron chi connectivity index (χ4n) is 2.82. The van der Waals surface area contributed by atoms with Crippen LogP contribution in [0, 0.1) is 11.8 Å². The van der Waals surface area contributed by atoms with E-state index in [-0.39, 0.29) is 5.92 Å². The maximum atomic E-state index is 10.9. The van der Waals surface area contributed by atoms with Crippen LogP contribution in [-0.2, 0) is 9.53 Å². The molecule has 3 nitrogen and oxygen atoms in total. The van der Waals surface area contributed by atoms with Crippen molar-refractivity contribution < 1.29 is 14.6 Å². The van der Waals surface area contributed by atoms with Gasteiger partial charge < -0.3 is 9.84 Å². The summed E-state index contributed by atoms with van der Waals surface area (Å²) >= 11 is 0. The molecule has 2 fully saturated rings. The Morgan fingerprint density at radius 2 is 2.00 bits per heavy atom. The van der Waals surface area contributed by atoms with Gasteiger partial charge in [0.1, 0.15) is 0 Å². The van der Waals surface area contributed by atoms with E-state index in [9.17, 15) is 4.79 Å². The highest BCUT2D eigenvalue weighted by atomic mass is 16.5. The van der Waals surface area contributed by atoms with Crippen molar-refractivity contribution in [2.45, 2.75) is 51.2 Å². The van der Waals surface area contributed by atoms with Crippen LogP contribution in [0.5, 0.6) is 0 Å². The molecule has 3 heteroatoms. The Morgan fingerprint density at radius 3 is 2.71 bits per heavy atom. The first-order valence-corrected chi connectivity index (χ1v) is 5.55. The first-order chi connectivity index (χ1) is 6.66. The zero-order chi connectivity index (χ0) is 10.1. The van der Waals surface area contributed by atoms with Crippen molar-refractivity contribution >= 4 is 5.97 Å². The molecule has 0 aromatic heterocycles. The fraction of sp³-hybridized carbons (Fsp3) is 0.909. The third kappa shape index (κ3) is 1.92. The summed E-state index contributed by atoms with van der Waals surface area (Å²) < 4.78 is 5.78. The normalized spacial score (nSPS) is 42.9. The maximum Gasteiger partial charge on any atom is 0.306 e. The molecule has 1 saturated carbocycles. The van der Waals surface area contributed by atoms with E-state index in [0.29, 0.717) is 18.1 Å². The summed E-state index contributed by atoms with van der Waals surface area (Å²) in [6.07, 6.45) is 5.45. The second-order valence-electron chi connectivity index (χ2n) is 4.67. The van der Waals surface area contributed by atoms with Gasteiger partial charge in [0, 0.05) is 0 Å². The zero-order valence-electron chi connectivity index (χ0n) is 8.61. The van der Waals surface area contributed by atoms with Crippen LogP contribution in [0.3, 0.4) is 0 Å². The van der Waals surface area contributed by atoms with Gasteiger partial charge in [0.25, 0.3) is 0 Å². The van der Waals surface area contributed by atoms with Gasteiger partial charge in [-0.2, -0.15) is 0 Å². The van der Waals surface area contributed by atoms with Crippen LogP contribution < -0.4 is 0 Å². The molecule has 0 bridgehead atoms. The van der Waals surface area contributed by atoms with Gasteiger partial charge in [0.05, 0.1) is 18.1 Å². The van der Waals surface area contributed by atoms with E-state index in [4.69, 9.17) is 9.84 Å². The number of rotatable bonds is 1. The molecule has 1 aliphatic heterocycles. The fourth-order valence-corrected chi connectivity index (χ4v) is 2.82. The van der Waals surface area contributed by atoms with Crippen molar-refractivity contribution in [2.24, 2.45) is 11.8 Å². The average molecular weight is 198 g/mol. The second-order valence-corrected chi connectivity index (χ2v) is 4.67. The molecule has 1 heterocycles. The number of carboxylic acid groups (broad SMARTS) is 1. The van der Waals surface area contributed by atoms with Gasteiger partial charge in [-0.1, -0.05) is 0 Å². The third-order valence-electron chi connectivity index (χ3n) is 3.60. The van der Waals surface area contributed by atoms with Crippen LogP contribution >= 0.6 is 0 Å². The molecule has 0 spiro atoms. The van der Waals surface area contributed by atoms with E-state index >= 15 is 0 Å². The molecular weight excluding hydrogens is 180 g/mol. The Labute approximate surface area is 84.4 Å². The van der Waals surface area contributed by atoms with Gasteiger partial charge in [-0.05, 0) is 44.9 Å². The number of hydrogen-bond donors (Lipinski definition) is 1. The van der Waals surface area contributed by atoms with Gasteiger partial charge in [-0.15, -0.1) is 0 Å². The molecule has 0 amide bonds. The number of ether oxygens (including phenoxy) is 1. The highest BCUT2D eigenvalue weighted by Crippen LogP contribution is 2.37. The summed E-state index contributed by atoms with van der Waals surface area (Å²) in [5.74, 6) is -0.133. The van der Waals surface area contributed by atoms with Gasteiger partial charge in [0.15, 0.2) is 0 Å². The van der Waals surface area contributed by atoms with Crippen molar-refractivity contribution in [1.29, 1.82) is 0 Å². The van der Waals surface area contributed by atoms with Crippen molar-refractivity contribution in [3.8, 4) is 0 Å². The minimum absolute atomic E-state index is 0.125. The Balaban J connectivity index is 1.95. The van der Waals surface area contributed by atoms with E-state index in [2.05, 4.69) is 6.92 Å². The highest BCUT2D eigenvalue weighted by molar-refractivity contribution is 5.69. The molecule has 2 aliphatic rings. The number of carbonyl (C=O) groups is 1. The molecule has 0 aromatic rings. The summed E-state index contributed by atoms with van der Waals surface area (Å²) in [5.41, 5.74) is 0. The Morgan fingerprint density at radius 1 is 1.29 bits per heavy atom. The monoisotopic (exact) mass is 198 g/mol. The molecule has 0 aromatic carbocycles. The van der Waals surface area contributed by atoms with Gasteiger partial charge in [-0.3, -0.25) is 4.79 Å². The lowest BCUT2D eigenvalue weighted by molar-refractivity contribution is -0.142. The lowest BCUT2D eigenvalue weighted by Gasteiger charge is -2.13. The summed E-state index contributed by atoms with van der Waals surface area (Å²) in [4.78, 5) is 10.9. The number of hydrogen-bond acceptors (Lipinski definition) is 2. The number of aliphatic carboxylic acids is 1. The van der Waals surface area contributed by atoms with E-state index in [0.717, 1.165) is 32.1 Å². The number of fused-ring (bicyclic) bond motifs is 1. The van der Waals surface area contributed by atoms with Crippen molar-refractivity contribution in [2.75, 3.05) is 0 Å². The Hall–Kier alpha value is -0.570. The predicted molar refractivity (Wildman–Crippen MR) is 52.0 cm³/mol. The molecule has 1 unspecified atom stereocenters. The van der Waals surface area contributed by atoms with Gasteiger partial charge in [0.2, 0.25) is 0 Å². The molecule has 1 saturated heterocycles. The van der Waals surface area contributed by atoms with Gasteiger partial charge >= 0.3 is 5.97 Å². The smallest absolute Gasteiger partial charge is 0.306 e. The molecular formula is C11H18O3. The van der Waals surface area contributed by atoms with Crippen LogP contribution in [0.25, 0.3) is 0 Å². The van der Waals surface area contributed by atoms with E-state index in [1.165, 1.54) is 0 Å². The lowest BCUT2D eigenvalue weighted by Crippen LogP contribution is -2.15. The van der Waals surface area contributed by atoms with E-state index in [1.54, 1.807) is 0 Å². The van der Waals surface area contributed by atoms with Crippen LogP contribution in [0.1, 0.15) is 39.0 Å². The minimum atomic E-state index is -0.627. The minimum Gasteiger partial charge on any atom is -0.481 e. The van der Waals surface area contributed by atoms with Crippen LogP contribution in [0.4, 0.5) is 0 Å². The first kappa shape index (κ1) is 9.97. The molecule has 4 atom stereocenters. The highest BCUT2D eigenvalue weighted by Gasteiger charge is 2.36. The van der Waals surface area contributed by atoms with Gasteiger partial charge in [-0.25, -0.2) is 0 Å². The molecule has 1 N–H and O–H groups in total. The summed E-state index contributed by atoms with van der Waals surface area (Å²) in [7, 11) is 0. The van der Waals surface area contributed by atoms with Crippen molar-refractivity contribution in [3.63, 3.8) is 0 Å². The quantitative estimate of drug-likeness (QED) is 0.701. The van der Waals surface area contributed by atoms with E-state index < -0.39 is 5.97 Å². The molecule has 2 rings (SSSR count). The first-order valence-electron chi connectivity index (χ1n) is 5.55. The van der Waals surface area contributed by atoms with Crippen molar-refractivity contribution in [3.05, 3.63) is 0 Å². The van der Waals surface area contributed by atoms with Crippen molar-refractivity contribution in [1.82, 2.24) is 0 Å². The maximum absolute atomic E-state index is 10.9. The largest absolute Gasteiger partial charge is 0.481 e. The Kier molecular flexibility index (Phi) is 2.77. The van der Waals surface area contributed by atoms with Crippen LogP contribution in [0.2, 0.25) is 0 Å². The average Bonchev–Trinajstić information content (AvgIpc) is 2.34. The molecule has 0 radical (unpaired) electrons. The standard InChI is InChI=1S/C11H18O3/c1-7-6-9-3-2-8(11(12)13)4-5-10(9)14-7/h7-10H,2-6H2,1H3,(H,12,13)/t7-,8?,9+,10+/m0/s1. The van der Waals surface area contributed by atoms with Crippen LogP contribution in [0.15, 0.2) is 0 Å². The van der Waals surface area contributed by atoms with Crippen LogP contribution in [-0.4, -0.2) is 23.3 Å². The predicted octanol–water partition coefficient (Wildman–Crippen LogP) is 2.05.